The Morgan fingerprint density at radius 2 is 2.20 bits per heavy atom. The first-order valence-electron chi connectivity index (χ1n) is 4.68. The molecule has 0 saturated carbocycles. The van der Waals surface area contributed by atoms with Crippen LogP contribution in [-0.2, 0) is 7.05 Å². The summed E-state index contributed by atoms with van der Waals surface area (Å²) in [6.45, 7) is 0. The fraction of sp³-hybridized carbons (Fsp3) is 0.0909. The minimum Gasteiger partial charge on any atom is -0.364 e. The van der Waals surface area contributed by atoms with Crippen molar-refractivity contribution in [2.75, 3.05) is 0 Å². The van der Waals surface area contributed by atoms with Gasteiger partial charge in [-0.1, -0.05) is 17.3 Å². The van der Waals surface area contributed by atoms with E-state index in [0.29, 0.717) is 0 Å². The van der Waals surface area contributed by atoms with E-state index in [1.54, 1.807) is 6.26 Å². The van der Waals surface area contributed by atoms with Gasteiger partial charge < -0.3 is 4.52 Å². The molecule has 0 saturated heterocycles. The van der Waals surface area contributed by atoms with Crippen molar-refractivity contribution >= 4 is 10.9 Å². The Labute approximate surface area is 86.1 Å². The Morgan fingerprint density at radius 1 is 1.27 bits per heavy atom. The Morgan fingerprint density at radius 3 is 3.00 bits per heavy atom. The summed E-state index contributed by atoms with van der Waals surface area (Å²) in [6, 6.07) is 7.89. The maximum Gasteiger partial charge on any atom is 0.124 e. The van der Waals surface area contributed by atoms with Crippen LogP contribution in [0.2, 0.25) is 0 Å². The molecule has 0 amide bonds. The largest absolute Gasteiger partial charge is 0.364 e. The van der Waals surface area contributed by atoms with Gasteiger partial charge in [0.15, 0.2) is 0 Å². The maximum atomic E-state index is 4.85. The Balaban J connectivity index is 2.36. The first-order valence-corrected chi connectivity index (χ1v) is 4.68. The molecule has 1 aromatic carbocycles. The molecule has 3 aromatic rings. The van der Waals surface area contributed by atoms with Gasteiger partial charge in [0.05, 0.1) is 11.7 Å². The van der Waals surface area contributed by atoms with Gasteiger partial charge in [-0.3, -0.25) is 4.68 Å². The maximum absolute atomic E-state index is 4.85. The lowest BCUT2D eigenvalue weighted by Gasteiger charge is -1.98. The molecule has 0 aliphatic heterocycles. The second-order valence-electron chi connectivity index (χ2n) is 3.39. The van der Waals surface area contributed by atoms with Crippen molar-refractivity contribution in [3.8, 4) is 11.3 Å². The SMILES string of the molecule is Cn1ncc2c(-c3ccon3)cccc21. The predicted molar refractivity (Wildman–Crippen MR) is 56.2 cm³/mol. The second-order valence-corrected chi connectivity index (χ2v) is 3.39. The molecule has 4 heteroatoms. The van der Waals surface area contributed by atoms with E-state index in [1.807, 2.05) is 42.2 Å². The summed E-state index contributed by atoms with van der Waals surface area (Å²) < 4.78 is 6.69. The van der Waals surface area contributed by atoms with Gasteiger partial charge in [-0.15, -0.1) is 0 Å². The van der Waals surface area contributed by atoms with E-state index in [-0.39, 0.29) is 0 Å². The van der Waals surface area contributed by atoms with E-state index in [1.165, 1.54) is 0 Å². The van der Waals surface area contributed by atoms with E-state index in [9.17, 15) is 0 Å². The van der Waals surface area contributed by atoms with E-state index < -0.39 is 0 Å². The van der Waals surface area contributed by atoms with Crippen molar-refractivity contribution in [1.82, 2.24) is 14.9 Å². The highest BCUT2D eigenvalue weighted by atomic mass is 16.5. The molecule has 15 heavy (non-hydrogen) atoms. The van der Waals surface area contributed by atoms with Crippen molar-refractivity contribution in [2.45, 2.75) is 0 Å². The molecule has 0 aliphatic carbocycles. The number of aryl methyl sites for hydroxylation is 1. The van der Waals surface area contributed by atoms with Crippen LogP contribution in [0.4, 0.5) is 0 Å². The Kier molecular flexibility index (Phi) is 1.62. The van der Waals surface area contributed by atoms with Gasteiger partial charge in [0, 0.05) is 24.1 Å². The number of nitrogens with zero attached hydrogens (tertiary/aromatic N) is 3. The van der Waals surface area contributed by atoms with Crippen LogP contribution in [0.15, 0.2) is 41.2 Å². The monoisotopic (exact) mass is 199 g/mol. The third-order valence-corrected chi connectivity index (χ3v) is 2.51. The number of benzene rings is 1. The summed E-state index contributed by atoms with van der Waals surface area (Å²) in [5.41, 5.74) is 2.98. The summed E-state index contributed by atoms with van der Waals surface area (Å²) in [5, 5.41) is 9.25. The number of aromatic nitrogens is 3. The molecule has 0 spiro atoms. The van der Waals surface area contributed by atoms with Gasteiger partial charge in [-0.2, -0.15) is 5.10 Å². The first kappa shape index (κ1) is 8.23. The van der Waals surface area contributed by atoms with Crippen LogP contribution < -0.4 is 0 Å². The highest BCUT2D eigenvalue weighted by Crippen LogP contribution is 2.26. The zero-order valence-corrected chi connectivity index (χ0v) is 8.21. The van der Waals surface area contributed by atoms with Crippen molar-refractivity contribution in [3.63, 3.8) is 0 Å². The van der Waals surface area contributed by atoms with Crippen molar-refractivity contribution in [2.24, 2.45) is 7.05 Å². The number of hydrogen-bond acceptors (Lipinski definition) is 3. The lowest BCUT2D eigenvalue weighted by Crippen LogP contribution is -1.88. The van der Waals surface area contributed by atoms with Crippen molar-refractivity contribution < 1.29 is 4.52 Å². The molecule has 0 atom stereocenters. The van der Waals surface area contributed by atoms with Gasteiger partial charge in [0.25, 0.3) is 0 Å². The van der Waals surface area contributed by atoms with Gasteiger partial charge in [0.1, 0.15) is 12.0 Å². The second kappa shape index (κ2) is 2.95. The van der Waals surface area contributed by atoms with Crippen molar-refractivity contribution in [3.05, 3.63) is 36.7 Å². The summed E-state index contributed by atoms with van der Waals surface area (Å²) in [7, 11) is 1.93. The lowest BCUT2D eigenvalue weighted by atomic mass is 10.1. The highest BCUT2D eigenvalue weighted by molar-refractivity contribution is 5.93. The summed E-state index contributed by atoms with van der Waals surface area (Å²) in [6.07, 6.45) is 3.42. The summed E-state index contributed by atoms with van der Waals surface area (Å²) in [4.78, 5) is 0. The normalized spacial score (nSPS) is 11.0. The zero-order chi connectivity index (χ0) is 10.3. The first-order chi connectivity index (χ1) is 7.36. The quantitative estimate of drug-likeness (QED) is 0.603. The molecule has 0 fully saturated rings. The molecule has 74 valence electrons. The fourth-order valence-corrected chi connectivity index (χ4v) is 1.75. The standard InChI is InChI=1S/C11H9N3O/c1-14-11-4-2-3-8(9(11)7-12-14)10-5-6-15-13-10/h2-7H,1H3. The van der Waals surface area contributed by atoms with E-state index in [2.05, 4.69) is 10.3 Å². The predicted octanol–water partition coefficient (Wildman–Crippen LogP) is 2.23. The van der Waals surface area contributed by atoms with E-state index in [4.69, 9.17) is 4.52 Å². The van der Waals surface area contributed by atoms with Crippen LogP contribution in [0.5, 0.6) is 0 Å². The molecule has 0 bridgehead atoms. The topological polar surface area (TPSA) is 43.9 Å². The fourth-order valence-electron chi connectivity index (χ4n) is 1.75. The molecule has 0 unspecified atom stereocenters. The number of fused-ring (bicyclic) bond motifs is 1. The van der Waals surface area contributed by atoms with Crippen molar-refractivity contribution in [1.29, 1.82) is 0 Å². The molecule has 0 radical (unpaired) electrons. The molecular weight excluding hydrogens is 190 g/mol. The van der Waals surface area contributed by atoms with Crippen LogP contribution in [0.3, 0.4) is 0 Å². The van der Waals surface area contributed by atoms with Crippen LogP contribution in [0, 0.1) is 0 Å². The zero-order valence-electron chi connectivity index (χ0n) is 8.21. The van der Waals surface area contributed by atoms with Gasteiger partial charge in [0.2, 0.25) is 0 Å². The van der Waals surface area contributed by atoms with E-state index >= 15 is 0 Å². The van der Waals surface area contributed by atoms with E-state index in [0.717, 1.165) is 22.2 Å². The third-order valence-electron chi connectivity index (χ3n) is 2.51. The van der Waals surface area contributed by atoms with Crippen LogP contribution in [0.25, 0.3) is 22.2 Å². The third kappa shape index (κ3) is 1.15. The van der Waals surface area contributed by atoms with Gasteiger partial charge in [-0.25, -0.2) is 0 Å². The van der Waals surface area contributed by atoms with Gasteiger partial charge >= 0.3 is 0 Å². The minimum absolute atomic E-state index is 0.841. The minimum atomic E-state index is 0.841. The van der Waals surface area contributed by atoms with Crippen LogP contribution >= 0.6 is 0 Å². The molecule has 3 rings (SSSR count). The molecule has 0 N–H and O–H groups in total. The lowest BCUT2D eigenvalue weighted by molar-refractivity contribution is 0.422. The molecule has 4 nitrogen and oxygen atoms in total. The Bertz CT molecular complexity index is 595. The Hall–Kier alpha value is -2.10. The highest BCUT2D eigenvalue weighted by Gasteiger charge is 2.08. The number of hydrogen-bond donors (Lipinski definition) is 0. The molecule has 2 heterocycles. The molecule has 2 aromatic heterocycles. The van der Waals surface area contributed by atoms with Crippen LogP contribution in [0.1, 0.15) is 0 Å². The summed E-state index contributed by atoms with van der Waals surface area (Å²) >= 11 is 0. The average molecular weight is 199 g/mol. The molecular formula is C11H9N3O. The smallest absolute Gasteiger partial charge is 0.124 e. The van der Waals surface area contributed by atoms with Crippen LogP contribution in [-0.4, -0.2) is 14.9 Å². The van der Waals surface area contributed by atoms with Gasteiger partial charge in [-0.05, 0) is 6.07 Å². The molecule has 0 aliphatic rings. The average Bonchev–Trinajstić information content (AvgIpc) is 2.88. The number of rotatable bonds is 1. The summed E-state index contributed by atoms with van der Waals surface area (Å²) in [5.74, 6) is 0.